The molecule has 1 fully saturated rings. The van der Waals surface area contributed by atoms with Crippen molar-refractivity contribution in [1.29, 1.82) is 0 Å². The summed E-state index contributed by atoms with van der Waals surface area (Å²) in [7, 11) is 0. The Morgan fingerprint density at radius 2 is 1.88 bits per heavy atom. The van der Waals surface area contributed by atoms with E-state index in [9.17, 15) is 0 Å². The Kier molecular flexibility index (Phi) is 5.53. The van der Waals surface area contributed by atoms with Gasteiger partial charge < -0.3 is 14.8 Å². The zero-order valence-electron chi connectivity index (χ0n) is 17.7. The van der Waals surface area contributed by atoms with E-state index in [1.807, 2.05) is 43.6 Å². The number of hydrogen-bond donors (Lipinski definition) is 1. The third-order valence-corrected chi connectivity index (χ3v) is 6.95. The second-order valence-corrected chi connectivity index (χ2v) is 9.17. The summed E-state index contributed by atoms with van der Waals surface area (Å²) in [6.45, 7) is 4.13. The summed E-state index contributed by atoms with van der Waals surface area (Å²) in [6.07, 6.45) is 5.77. The molecule has 1 saturated heterocycles. The summed E-state index contributed by atoms with van der Waals surface area (Å²) >= 11 is 9.47. The quantitative estimate of drug-likeness (QED) is 0.355. The largest absolute Gasteiger partial charge is 0.351 e. The molecule has 1 aromatic carbocycles. The summed E-state index contributed by atoms with van der Waals surface area (Å²) in [5, 5.41) is 4.21. The molecule has 0 bridgehead atoms. The highest BCUT2D eigenvalue weighted by atomic mass is 79.9. The van der Waals surface area contributed by atoms with Crippen LogP contribution in [0, 0.1) is 13.8 Å². The van der Waals surface area contributed by atoms with Crippen LogP contribution in [0.2, 0.25) is 0 Å². The van der Waals surface area contributed by atoms with Crippen molar-refractivity contribution in [3.63, 3.8) is 0 Å². The lowest BCUT2D eigenvalue weighted by Crippen LogP contribution is -2.30. The predicted molar refractivity (Wildman–Crippen MR) is 135 cm³/mol. The fourth-order valence-electron chi connectivity index (χ4n) is 4.16. The number of aromatic nitrogens is 3. The second kappa shape index (κ2) is 8.48. The summed E-state index contributed by atoms with van der Waals surface area (Å²) < 4.78 is 3.21. The lowest BCUT2D eigenvalue weighted by atomic mass is 10.0. The standard InChI is InChI=1S/C25H22BrN5S/c1-16-8-11-22(28-15-16)30-13-5-7-21(30)24-23(20-6-3-4-12-27-20)29-25(32)31(24)18-9-10-19(26)17(2)14-18/h3-15,23-24H,1-2H3,(H,29,32)/t23-,24+/m0/s1. The van der Waals surface area contributed by atoms with Crippen LogP contribution >= 0.6 is 28.1 Å². The van der Waals surface area contributed by atoms with Crippen LogP contribution in [0.5, 0.6) is 0 Å². The third-order valence-electron chi connectivity index (χ3n) is 5.74. The SMILES string of the molecule is Cc1ccc(-n2cccc2[C@@H]2[C@H](c3ccccn3)NC(=S)N2c2ccc(Br)c(C)c2)nc1. The minimum atomic E-state index is -0.105. The maximum Gasteiger partial charge on any atom is 0.174 e. The van der Waals surface area contributed by atoms with E-state index >= 15 is 0 Å². The Hall–Kier alpha value is -3.03. The van der Waals surface area contributed by atoms with E-state index in [0.29, 0.717) is 5.11 Å². The van der Waals surface area contributed by atoms with Gasteiger partial charge in [-0.15, -0.1) is 0 Å². The highest BCUT2D eigenvalue weighted by Crippen LogP contribution is 2.42. The minimum absolute atomic E-state index is 0.101. The minimum Gasteiger partial charge on any atom is -0.351 e. The molecule has 4 aromatic rings. The van der Waals surface area contributed by atoms with Gasteiger partial charge in [0.15, 0.2) is 5.11 Å². The molecule has 0 radical (unpaired) electrons. The van der Waals surface area contributed by atoms with Crippen LogP contribution in [0.1, 0.15) is 34.6 Å². The van der Waals surface area contributed by atoms with Crippen LogP contribution in [0.4, 0.5) is 5.69 Å². The van der Waals surface area contributed by atoms with Crippen molar-refractivity contribution in [2.24, 2.45) is 0 Å². The molecule has 0 spiro atoms. The molecule has 5 nitrogen and oxygen atoms in total. The van der Waals surface area contributed by atoms with Gasteiger partial charge in [0.05, 0.1) is 11.7 Å². The van der Waals surface area contributed by atoms with E-state index in [4.69, 9.17) is 12.2 Å². The first-order valence-corrected chi connectivity index (χ1v) is 11.6. The van der Waals surface area contributed by atoms with Crippen molar-refractivity contribution < 1.29 is 0 Å². The van der Waals surface area contributed by atoms with E-state index in [1.54, 1.807) is 0 Å². The van der Waals surface area contributed by atoms with Crippen LogP contribution < -0.4 is 10.2 Å². The van der Waals surface area contributed by atoms with Crippen LogP contribution in [0.15, 0.2) is 83.7 Å². The zero-order chi connectivity index (χ0) is 22.2. The molecule has 3 aromatic heterocycles. The van der Waals surface area contributed by atoms with Gasteiger partial charge in [-0.2, -0.15) is 0 Å². The van der Waals surface area contributed by atoms with E-state index in [-0.39, 0.29) is 12.1 Å². The molecule has 160 valence electrons. The molecule has 7 heteroatoms. The van der Waals surface area contributed by atoms with Crippen molar-refractivity contribution in [2.75, 3.05) is 4.90 Å². The Morgan fingerprint density at radius 3 is 2.59 bits per heavy atom. The van der Waals surface area contributed by atoms with Crippen LogP contribution in [0.3, 0.4) is 0 Å². The molecule has 5 rings (SSSR count). The van der Waals surface area contributed by atoms with Gasteiger partial charge in [0.1, 0.15) is 11.9 Å². The van der Waals surface area contributed by atoms with Gasteiger partial charge >= 0.3 is 0 Å². The summed E-state index contributed by atoms with van der Waals surface area (Å²) in [5.41, 5.74) is 5.35. The molecule has 1 N–H and O–H groups in total. The number of hydrogen-bond acceptors (Lipinski definition) is 3. The van der Waals surface area contributed by atoms with Crippen LogP contribution in [-0.4, -0.2) is 19.6 Å². The van der Waals surface area contributed by atoms with Crippen molar-refractivity contribution in [2.45, 2.75) is 25.9 Å². The highest BCUT2D eigenvalue weighted by molar-refractivity contribution is 9.10. The fraction of sp³-hybridized carbons (Fsp3) is 0.160. The zero-order valence-corrected chi connectivity index (χ0v) is 20.1. The first-order chi connectivity index (χ1) is 15.5. The van der Waals surface area contributed by atoms with Gasteiger partial charge in [-0.3, -0.25) is 4.98 Å². The normalized spacial score (nSPS) is 18.1. The number of anilines is 1. The van der Waals surface area contributed by atoms with Gasteiger partial charge in [0.2, 0.25) is 0 Å². The number of pyridine rings is 2. The van der Waals surface area contributed by atoms with E-state index < -0.39 is 0 Å². The fourth-order valence-corrected chi connectivity index (χ4v) is 4.75. The molecule has 0 amide bonds. The number of benzene rings is 1. The lowest BCUT2D eigenvalue weighted by Gasteiger charge is -2.29. The maximum atomic E-state index is 5.85. The number of aryl methyl sites for hydroxylation is 2. The van der Waals surface area contributed by atoms with E-state index in [1.165, 1.54) is 0 Å². The van der Waals surface area contributed by atoms with Crippen molar-refractivity contribution in [1.82, 2.24) is 19.9 Å². The smallest absolute Gasteiger partial charge is 0.174 e. The molecule has 0 unspecified atom stereocenters. The van der Waals surface area contributed by atoms with Gasteiger partial charge in [-0.05, 0) is 85.7 Å². The lowest BCUT2D eigenvalue weighted by molar-refractivity contribution is 0.548. The molecular formula is C25H22BrN5S. The van der Waals surface area contributed by atoms with Gasteiger partial charge in [-0.1, -0.05) is 28.1 Å². The van der Waals surface area contributed by atoms with Crippen molar-refractivity contribution in [3.05, 3.63) is 106 Å². The second-order valence-electron chi connectivity index (χ2n) is 7.93. The summed E-state index contributed by atoms with van der Waals surface area (Å²) in [4.78, 5) is 11.5. The summed E-state index contributed by atoms with van der Waals surface area (Å²) in [6, 6.07) is 20.4. The molecule has 2 atom stereocenters. The third kappa shape index (κ3) is 3.72. The van der Waals surface area contributed by atoms with Gasteiger partial charge in [0.25, 0.3) is 0 Å². The molecule has 32 heavy (non-hydrogen) atoms. The van der Waals surface area contributed by atoms with E-state index in [0.717, 1.165) is 38.5 Å². The average molecular weight is 504 g/mol. The predicted octanol–water partition coefficient (Wildman–Crippen LogP) is 5.82. The Balaban J connectivity index is 1.67. The molecular weight excluding hydrogens is 482 g/mol. The van der Waals surface area contributed by atoms with Crippen molar-refractivity contribution in [3.8, 4) is 5.82 Å². The number of rotatable bonds is 4. The van der Waals surface area contributed by atoms with Crippen molar-refractivity contribution >= 4 is 38.9 Å². The molecule has 0 saturated carbocycles. The number of nitrogens with one attached hydrogen (secondary N) is 1. The Morgan fingerprint density at radius 1 is 1.00 bits per heavy atom. The highest BCUT2D eigenvalue weighted by Gasteiger charge is 2.42. The topological polar surface area (TPSA) is 46.0 Å². The first-order valence-electron chi connectivity index (χ1n) is 10.4. The number of thiocarbonyl (C=S) groups is 1. The molecule has 0 aliphatic carbocycles. The Labute approximate surface area is 201 Å². The monoisotopic (exact) mass is 503 g/mol. The molecule has 4 heterocycles. The number of nitrogens with zero attached hydrogens (tertiary/aromatic N) is 4. The number of halogens is 1. The van der Waals surface area contributed by atoms with E-state index in [2.05, 4.69) is 90.2 Å². The molecule has 1 aliphatic heterocycles. The summed E-state index contributed by atoms with van der Waals surface area (Å²) in [5.74, 6) is 0.875. The maximum absolute atomic E-state index is 5.85. The van der Waals surface area contributed by atoms with Crippen LogP contribution in [-0.2, 0) is 0 Å². The molecule has 1 aliphatic rings. The Bertz CT molecular complexity index is 1270. The van der Waals surface area contributed by atoms with Gasteiger partial charge in [0, 0.05) is 34.4 Å². The van der Waals surface area contributed by atoms with Gasteiger partial charge in [-0.25, -0.2) is 4.98 Å². The average Bonchev–Trinajstić information content (AvgIpc) is 3.41. The first kappa shape index (κ1) is 20.8. The van der Waals surface area contributed by atoms with Crippen LogP contribution in [0.25, 0.3) is 5.82 Å².